The summed E-state index contributed by atoms with van der Waals surface area (Å²) >= 11 is 0. The molecule has 0 amide bonds. The minimum Gasteiger partial charge on any atom is -0.309 e. The zero-order valence-corrected chi connectivity index (χ0v) is 14.4. The second kappa shape index (κ2) is 7.60. The van der Waals surface area contributed by atoms with Crippen molar-refractivity contribution in [2.75, 3.05) is 12.8 Å². The smallest absolute Gasteiger partial charge is 0.154 e. The van der Waals surface area contributed by atoms with Gasteiger partial charge in [-0.3, -0.25) is 0 Å². The van der Waals surface area contributed by atoms with E-state index in [9.17, 15) is 8.42 Å². The molecule has 1 rings (SSSR count). The molecule has 4 heteroatoms. The highest BCUT2D eigenvalue weighted by atomic mass is 32.2. The summed E-state index contributed by atoms with van der Waals surface area (Å²) in [5.74, 6) is 0. The van der Waals surface area contributed by atoms with Gasteiger partial charge in [0.05, 0.1) is 4.75 Å². The van der Waals surface area contributed by atoms with E-state index in [1.54, 1.807) is 0 Å². The van der Waals surface area contributed by atoms with Crippen molar-refractivity contribution in [3.05, 3.63) is 11.6 Å². The molecule has 0 aromatic heterocycles. The Hall–Kier alpha value is -0.350. The second-order valence-electron chi connectivity index (χ2n) is 6.49. The van der Waals surface area contributed by atoms with E-state index in [4.69, 9.17) is 0 Å². The van der Waals surface area contributed by atoms with Gasteiger partial charge in [-0.25, -0.2) is 8.42 Å². The lowest BCUT2D eigenvalue weighted by Gasteiger charge is -2.36. The fourth-order valence-corrected chi connectivity index (χ4v) is 3.47. The Morgan fingerprint density at radius 3 is 2.50 bits per heavy atom. The van der Waals surface area contributed by atoms with Crippen LogP contribution in [0.3, 0.4) is 0 Å². The van der Waals surface area contributed by atoms with Crippen LogP contribution in [0.15, 0.2) is 11.6 Å². The van der Waals surface area contributed by atoms with Crippen molar-refractivity contribution in [2.45, 2.75) is 76.5 Å². The Morgan fingerprint density at radius 2 is 1.90 bits per heavy atom. The maximum absolute atomic E-state index is 12.2. The molecule has 0 aromatic rings. The molecule has 1 atom stereocenters. The Morgan fingerprint density at radius 1 is 1.25 bits per heavy atom. The Balaban J connectivity index is 3.04. The summed E-state index contributed by atoms with van der Waals surface area (Å²) in [6.07, 6.45) is 11.7. The number of nitrogens with one attached hydrogen (secondary N) is 1. The predicted molar refractivity (Wildman–Crippen MR) is 86.8 cm³/mol. The monoisotopic (exact) mass is 301 g/mol. The summed E-state index contributed by atoms with van der Waals surface area (Å²) in [5.41, 5.74) is 1.30. The maximum atomic E-state index is 12.2. The predicted octanol–water partition coefficient (Wildman–Crippen LogP) is 3.46. The van der Waals surface area contributed by atoms with Crippen molar-refractivity contribution in [3.8, 4) is 0 Å². The van der Waals surface area contributed by atoms with E-state index in [1.165, 1.54) is 37.5 Å². The number of sulfone groups is 1. The number of hydrogen-bond acceptors (Lipinski definition) is 3. The molecule has 1 aliphatic carbocycles. The Labute approximate surface area is 125 Å². The first-order valence-electron chi connectivity index (χ1n) is 7.92. The van der Waals surface area contributed by atoms with Gasteiger partial charge in [0.2, 0.25) is 0 Å². The molecule has 1 N–H and O–H groups in total. The topological polar surface area (TPSA) is 46.2 Å². The molecule has 0 bridgehead atoms. The molecule has 1 unspecified atom stereocenters. The standard InChI is InChI=1S/C16H31NO2S/c1-5-13-17-15(16(2,3)20(4,18)19)14-11-9-7-6-8-10-12-14/h11,15,17H,5-10,12-13H2,1-4H3. The molecule has 20 heavy (non-hydrogen) atoms. The van der Waals surface area contributed by atoms with E-state index >= 15 is 0 Å². The summed E-state index contributed by atoms with van der Waals surface area (Å²) in [6.45, 7) is 6.69. The summed E-state index contributed by atoms with van der Waals surface area (Å²) in [5, 5.41) is 3.49. The zero-order valence-electron chi connectivity index (χ0n) is 13.5. The quantitative estimate of drug-likeness (QED) is 0.764. The maximum Gasteiger partial charge on any atom is 0.154 e. The van der Waals surface area contributed by atoms with Crippen LogP contribution in [0.25, 0.3) is 0 Å². The normalized spacial score (nSPS) is 19.9. The van der Waals surface area contributed by atoms with E-state index in [1.807, 2.05) is 13.8 Å². The van der Waals surface area contributed by atoms with E-state index in [2.05, 4.69) is 18.3 Å². The molecule has 118 valence electrons. The molecular formula is C16H31NO2S. The van der Waals surface area contributed by atoms with E-state index < -0.39 is 14.6 Å². The van der Waals surface area contributed by atoms with Crippen molar-refractivity contribution in [1.82, 2.24) is 5.32 Å². The molecule has 3 nitrogen and oxygen atoms in total. The summed E-state index contributed by atoms with van der Waals surface area (Å²) in [7, 11) is -3.11. The molecule has 0 aliphatic heterocycles. The fraction of sp³-hybridized carbons (Fsp3) is 0.875. The van der Waals surface area contributed by atoms with Crippen molar-refractivity contribution in [3.63, 3.8) is 0 Å². The van der Waals surface area contributed by atoms with Crippen molar-refractivity contribution >= 4 is 9.84 Å². The highest BCUT2D eigenvalue weighted by Crippen LogP contribution is 2.30. The minimum atomic E-state index is -3.11. The van der Waals surface area contributed by atoms with Gasteiger partial charge in [-0.05, 0) is 52.5 Å². The Kier molecular flexibility index (Phi) is 6.73. The lowest BCUT2D eigenvalue weighted by molar-refractivity contribution is 0.432. The number of allylic oxidation sites excluding steroid dienone is 1. The van der Waals surface area contributed by atoms with Crippen LogP contribution in [0.4, 0.5) is 0 Å². The summed E-state index contributed by atoms with van der Waals surface area (Å²) in [6, 6.07) is -0.0597. The number of rotatable bonds is 6. The number of hydrogen-bond donors (Lipinski definition) is 1. The van der Waals surface area contributed by atoms with Gasteiger partial charge in [-0.15, -0.1) is 0 Å². The first-order chi connectivity index (χ1) is 9.30. The Bertz CT molecular complexity index is 424. The van der Waals surface area contributed by atoms with Crippen LogP contribution < -0.4 is 5.32 Å². The van der Waals surface area contributed by atoms with E-state index in [-0.39, 0.29) is 6.04 Å². The van der Waals surface area contributed by atoms with Gasteiger partial charge in [-0.2, -0.15) is 0 Å². The molecule has 0 radical (unpaired) electrons. The van der Waals surface area contributed by atoms with Gasteiger partial charge in [0, 0.05) is 12.3 Å². The van der Waals surface area contributed by atoms with Crippen LogP contribution in [-0.4, -0.2) is 32.0 Å². The zero-order chi connectivity index (χ0) is 15.2. The van der Waals surface area contributed by atoms with Gasteiger partial charge in [0.15, 0.2) is 9.84 Å². The average Bonchev–Trinajstić information content (AvgIpc) is 2.29. The highest BCUT2D eigenvalue weighted by molar-refractivity contribution is 7.92. The average molecular weight is 301 g/mol. The van der Waals surface area contributed by atoms with Crippen molar-refractivity contribution in [1.29, 1.82) is 0 Å². The molecule has 0 fully saturated rings. The second-order valence-corrected chi connectivity index (χ2v) is 9.09. The van der Waals surface area contributed by atoms with Crippen LogP contribution in [0.2, 0.25) is 0 Å². The van der Waals surface area contributed by atoms with Crippen LogP contribution >= 0.6 is 0 Å². The van der Waals surface area contributed by atoms with Crippen LogP contribution in [0.1, 0.15) is 65.7 Å². The summed E-state index contributed by atoms with van der Waals surface area (Å²) < 4.78 is 23.6. The molecule has 1 aliphatic rings. The fourth-order valence-electron chi connectivity index (χ4n) is 2.80. The summed E-state index contributed by atoms with van der Waals surface area (Å²) in [4.78, 5) is 0. The van der Waals surface area contributed by atoms with Crippen molar-refractivity contribution < 1.29 is 8.42 Å². The van der Waals surface area contributed by atoms with E-state index in [0.717, 1.165) is 25.8 Å². The first kappa shape index (κ1) is 17.7. The molecule has 0 heterocycles. The third-order valence-electron chi connectivity index (χ3n) is 4.45. The van der Waals surface area contributed by atoms with Crippen LogP contribution in [0, 0.1) is 0 Å². The molecular weight excluding hydrogens is 270 g/mol. The lowest BCUT2D eigenvalue weighted by Crippen LogP contribution is -2.52. The van der Waals surface area contributed by atoms with Crippen LogP contribution in [0.5, 0.6) is 0 Å². The van der Waals surface area contributed by atoms with Gasteiger partial charge in [-0.1, -0.05) is 31.4 Å². The van der Waals surface area contributed by atoms with Gasteiger partial charge < -0.3 is 5.32 Å². The highest BCUT2D eigenvalue weighted by Gasteiger charge is 2.40. The molecule has 0 saturated carbocycles. The third-order valence-corrected chi connectivity index (χ3v) is 6.59. The largest absolute Gasteiger partial charge is 0.309 e. The SMILES string of the molecule is CCCNC(C1=CCCCCCC1)C(C)(C)S(C)(=O)=O. The molecule has 0 saturated heterocycles. The first-order valence-corrected chi connectivity index (χ1v) is 9.81. The van der Waals surface area contributed by atoms with Gasteiger partial charge in [0.25, 0.3) is 0 Å². The minimum absolute atomic E-state index is 0.0597. The van der Waals surface area contributed by atoms with Gasteiger partial charge in [0.1, 0.15) is 0 Å². The van der Waals surface area contributed by atoms with Crippen LogP contribution in [-0.2, 0) is 9.84 Å². The van der Waals surface area contributed by atoms with Crippen molar-refractivity contribution in [2.24, 2.45) is 0 Å². The van der Waals surface area contributed by atoms with Gasteiger partial charge >= 0.3 is 0 Å². The van der Waals surface area contributed by atoms with E-state index in [0.29, 0.717) is 0 Å². The molecule has 0 aromatic carbocycles. The lowest BCUT2D eigenvalue weighted by atomic mass is 9.88. The third kappa shape index (κ3) is 4.59. The molecule has 0 spiro atoms.